The van der Waals surface area contributed by atoms with Crippen LogP contribution < -0.4 is 5.32 Å². The standard InChI is InChI=1S/C17H19N5OS/c1-12(20-16(23)6-5-13-8-19-22(2)10-13)17-21-15(11-24-17)14-4-3-7-18-9-14/h3-4,7-12H,5-6H2,1-2H3,(H,20,23). The lowest BCUT2D eigenvalue weighted by molar-refractivity contribution is -0.121. The van der Waals surface area contributed by atoms with Crippen LogP contribution in [-0.2, 0) is 18.3 Å². The van der Waals surface area contributed by atoms with E-state index in [2.05, 4.69) is 20.4 Å². The van der Waals surface area contributed by atoms with Crippen LogP contribution in [-0.4, -0.2) is 25.7 Å². The van der Waals surface area contributed by atoms with Gasteiger partial charge in [0.05, 0.1) is 17.9 Å². The minimum atomic E-state index is -0.109. The summed E-state index contributed by atoms with van der Waals surface area (Å²) in [5.74, 6) is 0.0180. The zero-order valence-corrected chi connectivity index (χ0v) is 14.5. The van der Waals surface area contributed by atoms with Crippen molar-refractivity contribution < 1.29 is 4.79 Å². The Morgan fingerprint density at radius 3 is 3.00 bits per heavy atom. The van der Waals surface area contributed by atoms with Gasteiger partial charge in [-0.2, -0.15) is 5.10 Å². The quantitative estimate of drug-likeness (QED) is 0.748. The highest BCUT2D eigenvalue weighted by Crippen LogP contribution is 2.24. The molecular formula is C17H19N5OS. The molecule has 3 heterocycles. The van der Waals surface area contributed by atoms with Crippen molar-refractivity contribution in [3.63, 3.8) is 0 Å². The Bertz CT molecular complexity index is 811. The Morgan fingerprint density at radius 2 is 2.29 bits per heavy atom. The maximum absolute atomic E-state index is 12.1. The first-order valence-corrected chi connectivity index (χ1v) is 8.62. The molecule has 3 rings (SSSR count). The number of pyridine rings is 1. The fraction of sp³-hybridized carbons (Fsp3) is 0.294. The third kappa shape index (κ3) is 4.05. The molecule has 3 aromatic rings. The third-order valence-corrected chi connectivity index (χ3v) is 4.65. The van der Waals surface area contributed by atoms with Gasteiger partial charge in [-0.25, -0.2) is 4.98 Å². The highest BCUT2D eigenvalue weighted by molar-refractivity contribution is 7.10. The third-order valence-electron chi connectivity index (χ3n) is 3.63. The molecule has 0 bridgehead atoms. The van der Waals surface area contributed by atoms with Gasteiger partial charge in [-0.05, 0) is 31.0 Å². The number of thiazole rings is 1. The Labute approximate surface area is 144 Å². The predicted molar refractivity (Wildman–Crippen MR) is 93.4 cm³/mol. The zero-order chi connectivity index (χ0) is 16.9. The summed E-state index contributed by atoms with van der Waals surface area (Å²) in [6.45, 7) is 1.95. The van der Waals surface area contributed by atoms with Gasteiger partial charge in [0.25, 0.3) is 0 Å². The van der Waals surface area contributed by atoms with Crippen LogP contribution in [0.3, 0.4) is 0 Å². The molecule has 7 heteroatoms. The van der Waals surface area contributed by atoms with Gasteiger partial charge in [-0.15, -0.1) is 11.3 Å². The van der Waals surface area contributed by atoms with Gasteiger partial charge in [-0.3, -0.25) is 14.5 Å². The Hall–Kier alpha value is -2.54. The molecule has 3 aromatic heterocycles. The minimum Gasteiger partial charge on any atom is -0.347 e. The largest absolute Gasteiger partial charge is 0.347 e. The number of carbonyl (C=O) groups excluding carboxylic acids is 1. The molecule has 1 N–H and O–H groups in total. The topological polar surface area (TPSA) is 72.7 Å². The number of aryl methyl sites for hydroxylation is 2. The number of nitrogens with zero attached hydrogens (tertiary/aromatic N) is 4. The maximum Gasteiger partial charge on any atom is 0.220 e. The number of amides is 1. The average molecular weight is 341 g/mol. The van der Waals surface area contributed by atoms with Crippen molar-refractivity contribution in [3.05, 3.63) is 52.9 Å². The summed E-state index contributed by atoms with van der Waals surface area (Å²) in [5, 5.41) is 9.99. The van der Waals surface area contributed by atoms with Crippen LogP contribution in [0.2, 0.25) is 0 Å². The number of hydrogen-bond acceptors (Lipinski definition) is 5. The lowest BCUT2D eigenvalue weighted by Gasteiger charge is -2.10. The first-order chi connectivity index (χ1) is 11.6. The van der Waals surface area contributed by atoms with Gasteiger partial charge < -0.3 is 5.32 Å². The smallest absolute Gasteiger partial charge is 0.220 e. The van der Waals surface area contributed by atoms with Crippen LogP contribution in [0.5, 0.6) is 0 Å². The molecule has 24 heavy (non-hydrogen) atoms. The van der Waals surface area contributed by atoms with E-state index in [0.29, 0.717) is 12.8 Å². The fourth-order valence-corrected chi connectivity index (χ4v) is 3.20. The predicted octanol–water partition coefficient (Wildman–Crippen LogP) is 2.75. The first kappa shape index (κ1) is 16.3. The highest BCUT2D eigenvalue weighted by atomic mass is 32.1. The lowest BCUT2D eigenvalue weighted by Crippen LogP contribution is -2.26. The van der Waals surface area contributed by atoms with Crippen molar-refractivity contribution in [2.24, 2.45) is 7.05 Å². The number of hydrogen-bond donors (Lipinski definition) is 1. The molecule has 1 atom stereocenters. The van der Waals surface area contributed by atoms with E-state index in [0.717, 1.165) is 21.8 Å². The normalized spacial score (nSPS) is 12.1. The zero-order valence-electron chi connectivity index (χ0n) is 13.6. The van der Waals surface area contributed by atoms with E-state index in [1.165, 1.54) is 0 Å². The summed E-state index contributed by atoms with van der Waals surface area (Å²) in [7, 11) is 1.87. The summed E-state index contributed by atoms with van der Waals surface area (Å²) >= 11 is 1.55. The molecule has 0 fully saturated rings. The monoisotopic (exact) mass is 341 g/mol. The van der Waals surface area contributed by atoms with Crippen LogP contribution in [0, 0.1) is 0 Å². The molecule has 1 amide bonds. The molecule has 6 nitrogen and oxygen atoms in total. The molecule has 0 aliphatic carbocycles. The van der Waals surface area contributed by atoms with Gasteiger partial charge >= 0.3 is 0 Å². The summed E-state index contributed by atoms with van der Waals surface area (Å²) in [4.78, 5) is 20.8. The van der Waals surface area contributed by atoms with Gasteiger partial charge in [-0.1, -0.05) is 0 Å². The van der Waals surface area contributed by atoms with Crippen molar-refractivity contribution >= 4 is 17.2 Å². The minimum absolute atomic E-state index is 0.0180. The van der Waals surface area contributed by atoms with E-state index >= 15 is 0 Å². The number of carbonyl (C=O) groups is 1. The van der Waals surface area contributed by atoms with E-state index < -0.39 is 0 Å². The summed E-state index contributed by atoms with van der Waals surface area (Å²) in [5.41, 5.74) is 2.93. The van der Waals surface area contributed by atoms with Gasteiger partial charge in [0.1, 0.15) is 5.01 Å². The molecule has 0 saturated carbocycles. The Kier molecular flexibility index (Phi) is 5.00. The lowest BCUT2D eigenvalue weighted by atomic mass is 10.2. The average Bonchev–Trinajstić information content (AvgIpc) is 3.23. The van der Waals surface area contributed by atoms with E-state index in [-0.39, 0.29) is 11.9 Å². The van der Waals surface area contributed by atoms with E-state index in [1.807, 2.05) is 37.7 Å². The van der Waals surface area contributed by atoms with Gasteiger partial charge in [0.2, 0.25) is 5.91 Å². The van der Waals surface area contributed by atoms with E-state index in [9.17, 15) is 4.79 Å². The molecule has 124 valence electrons. The molecule has 0 saturated heterocycles. The molecule has 0 aliphatic rings. The van der Waals surface area contributed by atoms with Crippen molar-refractivity contribution in [1.82, 2.24) is 25.1 Å². The van der Waals surface area contributed by atoms with Crippen LogP contribution in [0.1, 0.15) is 30.0 Å². The second-order valence-electron chi connectivity index (χ2n) is 5.62. The number of nitrogens with one attached hydrogen (secondary N) is 1. The maximum atomic E-state index is 12.1. The molecular weight excluding hydrogens is 322 g/mol. The van der Waals surface area contributed by atoms with Gasteiger partial charge in [0, 0.05) is 43.0 Å². The van der Waals surface area contributed by atoms with E-state index in [4.69, 9.17) is 0 Å². The molecule has 0 aromatic carbocycles. The first-order valence-electron chi connectivity index (χ1n) is 7.74. The Balaban J connectivity index is 1.55. The molecule has 0 aliphatic heterocycles. The highest BCUT2D eigenvalue weighted by Gasteiger charge is 2.14. The van der Waals surface area contributed by atoms with Crippen molar-refractivity contribution in [2.45, 2.75) is 25.8 Å². The molecule has 0 spiro atoms. The van der Waals surface area contributed by atoms with Crippen LogP contribution >= 0.6 is 11.3 Å². The number of rotatable bonds is 6. The van der Waals surface area contributed by atoms with Crippen LogP contribution in [0.15, 0.2) is 42.3 Å². The SMILES string of the molecule is CC(NC(=O)CCc1cnn(C)c1)c1nc(-c2cccnc2)cs1. The van der Waals surface area contributed by atoms with Crippen LogP contribution in [0.25, 0.3) is 11.3 Å². The summed E-state index contributed by atoms with van der Waals surface area (Å²) < 4.78 is 1.74. The fourth-order valence-electron chi connectivity index (χ4n) is 2.37. The number of aromatic nitrogens is 4. The van der Waals surface area contributed by atoms with Crippen molar-refractivity contribution in [1.29, 1.82) is 0 Å². The summed E-state index contributed by atoms with van der Waals surface area (Å²) in [6, 6.07) is 3.75. The van der Waals surface area contributed by atoms with Gasteiger partial charge in [0.15, 0.2) is 0 Å². The Morgan fingerprint density at radius 1 is 1.42 bits per heavy atom. The second kappa shape index (κ2) is 7.35. The van der Waals surface area contributed by atoms with Crippen LogP contribution in [0.4, 0.5) is 0 Å². The second-order valence-corrected chi connectivity index (χ2v) is 6.51. The molecule has 1 unspecified atom stereocenters. The van der Waals surface area contributed by atoms with Crippen molar-refractivity contribution in [2.75, 3.05) is 0 Å². The molecule has 0 radical (unpaired) electrons. The van der Waals surface area contributed by atoms with E-state index in [1.54, 1.807) is 34.6 Å². The summed E-state index contributed by atoms with van der Waals surface area (Å²) in [6.07, 6.45) is 8.37. The van der Waals surface area contributed by atoms with Crippen molar-refractivity contribution in [3.8, 4) is 11.3 Å².